The van der Waals surface area contributed by atoms with Gasteiger partial charge in [-0.25, -0.2) is 4.39 Å². The molecule has 0 atom stereocenters. The maximum absolute atomic E-state index is 12.9. The normalized spacial score (nSPS) is 10.7. The van der Waals surface area contributed by atoms with Gasteiger partial charge in [-0.15, -0.1) is 0 Å². The molecule has 0 aliphatic carbocycles. The van der Waals surface area contributed by atoms with E-state index in [1.54, 1.807) is 0 Å². The van der Waals surface area contributed by atoms with E-state index in [2.05, 4.69) is 10.2 Å². The third-order valence-electron chi connectivity index (χ3n) is 2.50. The number of nitro groups is 1. The molecule has 0 aromatic heterocycles. The molecule has 1 aromatic rings. The second kappa shape index (κ2) is 6.90. The summed E-state index contributed by atoms with van der Waals surface area (Å²) in [6.07, 6.45) is 1.92. The van der Waals surface area contributed by atoms with Crippen LogP contribution in [0, 0.1) is 15.9 Å². The van der Waals surface area contributed by atoms with Crippen molar-refractivity contribution in [3.63, 3.8) is 0 Å². The molecule has 1 rings (SSSR count). The predicted molar refractivity (Wildman–Crippen MR) is 69.3 cm³/mol. The fraction of sp³-hybridized carbons (Fsp3) is 0.500. The molecule has 0 saturated heterocycles. The van der Waals surface area contributed by atoms with E-state index in [1.807, 2.05) is 14.1 Å². The summed E-state index contributed by atoms with van der Waals surface area (Å²) in [5.41, 5.74) is 0.147. The van der Waals surface area contributed by atoms with Gasteiger partial charge < -0.3 is 10.2 Å². The highest BCUT2D eigenvalue weighted by atomic mass is 19.1. The maximum atomic E-state index is 12.9. The van der Waals surface area contributed by atoms with Gasteiger partial charge in [0.1, 0.15) is 11.5 Å². The quantitative estimate of drug-likeness (QED) is 0.462. The second-order valence-corrected chi connectivity index (χ2v) is 4.36. The van der Waals surface area contributed by atoms with Crippen LogP contribution in [-0.2, 0) is 0 Å². The second-order valence-electron chi connectivity index (χ2n) is 4.36. The molecule has 100 valence electrons. The first-order chi connectivity index (χ1) is 8.50. The van der Waals surface area contributed by atoms with Crippen LogP contribution in [0.25, 0.3) is 0 Å². The van der Waals surface area contributed by atoms with Crippen LogP contribution in [0.15, 0.2) is 18.2 Å². The van der Waals surface area contributed by atoms with Crippen molar-refractivity contribution in [2.45, 2.75) is 12.8 Å². The van der Waals surface area contributed by atoms with Crippen molar-refractivity contribution in [3.05, 3.63) is 34.1 Å². The number of hydrogen-bond acceptors (Lipinski definition) is 4. The van der Waals surface area contributed by atoms with Crippen molar-refractivity contribution in [3.8, 4) is 0 Å². The molecule has 0 heterocycles. The number of anilines is 1. The summed E-state index contributed by atoms with van der Waals surface area (Å²) < 4.78 is 12.9. The first-order valence-electron chi connectivity index (χ1n) is 5.83. The summed E-state index contributed by atoms with van der Waals surface area (Å²) in [6, 6.07) is 3.55. The van der Waals surface area contributed by atoms with E-state index in [-0.39, 0.29) is 5.69 Å². The summed E-state index contributed by atoms with van der Waals surface area (Å²) >= 11 is 0. The number of halogens is 1. The molecule has 1 N–H and O–H groups in total. The van der Waals surface area contributed by atoms with E-state index in [4.69, 9.17) is 0 Å². The van der Waals surface area contributed by atoms with Crippen LogP contribution in [0.1, 0.15) is 12.8 Å². The molecule has 0 radical (unpaired) electrons. The molecule has 5 nitrogen and oxygen atoms in total. The molecular formula is C12H18FN3O2. The largest absolute Gasteiger partial charge is 0.379 e. The van der Waals surface area contributed by atoms with Gasteiger partial charge in [-0.2, -0.15) is 0 Å². The van der Waals surface area contributed by atoms with E-state index < -0.39 is 10.7 Å². The highest BCUT2D eigenvalue weighted by Crippen LogP contribution is 2.24. The zero-order valence-electron chi connectivity index (χ0n) is 10.6. The van der Waals surface area contributed by atoms with Crippen LogP contribution >= 0.6 is 0 Å². The van der Waals surface area contributed by atoms with Crippen molar-refractivity contribution in [1.82, 2.24) is 4.90 Å². The van der Waals surface area contributed by atoms with Crippen LogP contribution in [0.2, 0.25) is 0 Å². The number of unbranched alkanes of at least 4 members (excludes halogenated alkanes) is 1. The smallest absolute Gasteiger partial charge is 0.295 e. The molecule has 0 amide bonds. The monoisotopic (exact) mass is 255 g/mol. The van der Waals surface area contributed by atoms with Gasteiger partial charge in [0.2, 0.25) is 0 Å². The molecule has 0 fully saturated rings. The number of nitrogens with one attached hydrogen (secondary N) is 1. The van der Waals surface area contributed by atoms with Gasteiger partial charge in [-0.3, -0.25) is 10.1 Å². The van der Waals surface area contributed by atoms with Gasteiger partial charge in [-0.1, -0.05) is 0 Å². The van der Waals surface area contributed by atoms with E-state index in [9.17, 15) is 14.5 Å². The van der Waals surface area contributed by atoms with Gasteiger partial charge in [0.15, 0.2) is 0 Å². The Hall–Kier alpha value is -1.69. The lowest BCUT2D eigenvalue weighted by molar-refractivity contribution is -0.384. The Bertz CT molecular complexity index is 410. The number of nitrogens with zero attached hydrogens (tertiary/aromatic N) is 2. The van der Waals surface area contributed by atoms with Gasteiger partial charge >= 0.3 is 0 Å². The average molecular weight is 255 g/mol. The molecule has 0 unspecified atom stereocenters. The third kappa shape index (κ3) is 4.67. The van der Waals surface area contributed by atoms with E-state index in [0.29, 0.717) is 12.2 Å². The minimum Gasteiger partial charge on any atom is -0.379 e. The Kier molecular flexibility index (Phi) is 5.51. The maximum Gasteiger partial charge on any atom is 0.295 e. The molecule has 0 spiro atoms. The lowest BCUT2D eigenvalue weighted by Gasteiger charge is -2.10. The molecule has 0 bridgehead atoms. The van der Waals surface area contributed by atoms with Crippen molar-refractivity contribution in [2.75, 3.05) is 32.5 Å². The predicted octanol–water partition coefficient (Wildman–Crippen LogP) is 2.49. The Balaban J connectivity index is 2.49. The average Bonchev–Trinajstić information content (AvgIpc) is 2.29. The molecule has 6 heteroatoms. The highest BCUT2D eigenvalue weighted by molar-refractivity contribution is 5.61. The molecule has 0 saturated carbocycles. The summed E-state index contributed by atoms with van der Waals surface area (Å²) in [7, 11) is 4.00. The number of hydrogen-bond donors (Lipinski definition) is 1. The Morgan fingerprint density at radius 3 is 2.72 bits per heavy atom. The van der Waals surface area contributed by atoms with Crippen LogP contribution < -0.4 is 5.32 Å². The zero-order valence-corrected chi connectivity index (χ0v) is 10.6. The molecule has 1 aromatic carbocycles. The Morgan fingerprint density at radius 1 is 1.39 bits per heavy atom. The van der Waals surface area contributed by atoms with E-state index >= 15 is 0 Å². The van der Waals surface area contributed by atoms with Crippen LogP contribution in [-0.4, -0.2) is 37.0 Å². The lowest BCUT2D eigenvalue weighted by atomic mass is 10.2. The summed E-state index contributed by atoms with van der Waals surface area (Å²) in [6.45, 7) is 1.62. The van der Waals surface area contributed by atoms with Gasteiger partial charge in [-0.05, 0) is 45.6 Å². The minimum atomic E-state index is -0.597. The van der Waals surface area contributed by atoms with Crippen LogP contribution in [0.5, 0.6) is 0 Å². The zero-order chi connectivity index (χ0) is 13.5. The number of nitro benzene ring substituents is 1. The fourth-order valence-corrected chi connectivity index (χ4v) is 1.58. The standard InChI is InChI=1S/C12H18FN3O2/c1-15(2)8-4-3-7-14-11-6-5-10(13)9-12(11)16(17)18/h5-6,9,14H,3-4,7-8H2,1-2H3. The molecule has 0 aliphatic rings. The van der Waals surface area contributed by atoms with Gasteiger partial charge in [0, 0.05) is 6.54 Å². The van der Waals surface area contributed by atoms with Crippen molar-refractivity contribution in [2.24, 2.45) is 0 Å². The highest BCUT2D eigenvalue weighted by Gasteiger charge is 2.14. The first kappa shape index (κ1) is 14.4. The fourth-order valence-electron chi connectivity index (χ4n) is 1.58. The van der Waals surface area contributed by atoms with Gasteiger partial charge in [0.05, 0.1) is 11.0 Å². The summed E-state index contributed by atoms with van der Waals surface area (Å²) in [5, 5.41) is 13.7. The van der Waals surface area contributed by atoms with Crippen LogP contribution in [0.3, 0.4) is 0 Å². The van der Waals surface area contributed by atoms with Crippen LogP contribution in [0.4, 0.5) is 15.8 Å². The molecular weight excluding hydrogens is 237 g/mol. The number of rotatable bonds is 7. The SMILES string of the molecule is CN(C)CCCCNc1ccc(F)cc1[N+](=O)[O-]. The lowest BCUT2D eigenvalue weighted by Crippen LogP contribution is -2.14. The van der Waals surface area contributed by atoms with E-state index in [1.165, 1.54) is 12.1 Å². The van der Waals surface area contributed by atoms with Gasteiger partial charge in [0.25, 0.3) is 5.69 Å². The topological polar surface area (TPSA) is 58.4 Å². The third-order valence-corrected chi connectivity index (χ3v) is 2.50. The van der Waals surface area contributed by atoms with Crippen molar-refractivity contribution in [1.29, 1.82) is 0 Å². The van der Waals surface area contributed by atoms with E-state index in [0.717, 1.165) is 25.5 Å². The first-order valence-corrected chi connectivity index (χ1v) is 5.83. The molecule has 0 aliphatic heterocycles. The number of benzene rings is 1. The minimum absolute atomic E-state index is 0.220. The Labute approximate surface area is 106 Å². The van der Waals surface area contributed by atoms with Crippen molar-refractivity contribution >= 4 is 11.4 Å². The molecule has 18 heavy (non-hydrogen) atoms. The summed E-state index contributed by atoms with van der Waals surface area (Å²) in [5.74, 6) is -0.597. The summed E-state index contributed by atoms with van der Waals surface area (Å²) in [4.78, 5) is 12.2. The van der Waals surface area contributed by atoms with Crippen molar-refractivity contribution < 1.29 is 9.31 Å². The Morgan fingerprint density at radius 2 is 2.11 bits per heavy atom.